The van der Waals surface area contributed by atoms with Crippen molar-refractivity contribution in [3.63, 3.8) is 0 Å². The van der Waals surface area contributed by atoms with E-state index in [-0.39, 0.29) is 6.04 Å². The Morgan fingerprint density at radius 1 is 1.57 bits per heavy atom. The standard InChI is InChI=1S/C10H18N2OS/c1-3-8(11)9-7-14-10(12-9)5-6-13-4-2/h7-8H,3-6,11H2,1-2H3. The number of hydrogen-bond acceptors (Lipinski definition) is 4. The maximum absolute atomic E-state index is 5.88. The minimum absolute atomic E-state index is 0.0899. The van der Waals surface area contributed by atoms with Gasteiger partial charge in [-0.25, -0.2) is 4.98 Å². The van der Waals surface area contributed by atoms with E-state index < -0.39 is 0 Å². The lowest BCUT2D eigenvalue weighted by Gasteiger charge is -2.03. The van der Waals surface area contributed by atoms with Crippen molar-refractivity contribution in [2.45, 2.75) is 32.7 Å². The summed E-state index contributed by atoms with van der Waals surface area (Å²) in [4.78, 5) is 4.47. The Morgan fingerprint density at radius 3 is 3.00 bits per heavy atom. The summed E-state index contributed by atoms with van der Waals surface area (Å²) in [7, 11) is 0. The van der Waals surface area contributed by atoms with Gasteiger partial charge in [-0.2, -0.15) is 0 Å². The Kier molecular flexibility index (Phi) is 5.07. The molecule has 1 aromatic rings. The molecule has 0 aromatic carbocycles. The second-order valence-corrected chi connectivity index (χ2v) is 4.07. The summed E-state index contributed by atoms with van der Waals surface area (Å²) in [5.41, 5.74) is 6.89. The minimum atomic E-state index is 0.0899. The summed E-state index contributed by atoms with van der Waals surface area (Å²) < 4.78 is 5.27. The highest BCUT2D eigenvalue weighted by Gasteiger charge is 2.07. The zero-order valence-electron chi connectivity index (χ0n) is 8.82. The third-order valence-electron chi connectivity index (χ3n) is 2.05. The van der Waals surface area contributed by atoms with Gasteiger partial charge in [0.25, 0.3) is 0 Å². The lowest BCUT2D eigenvalue weighted by Crippen LogP contribution is -2.09. The third kappa shape index (κ3) is 3.36. The van der Waals surface area contributed by atoms with Gasteiger partial charge in [0.2, 0.25) is 0 Å². The molecule has 3 nitrogen and oxygen atoms in total. The van der Waals surface area contributed by atoms with Crippen molar-refractivity contribution >= 4 is 11.3 Å². The van der Waals surface area contributed by atoms with Crippen LogP contribution in [0.4, 0.5) is 0 Å². The van der Waals surface area contributed by atoms with Gasteiger partial charge in [0.1, 0.15) is 0 Å². The molecule has 0 spiro atoms. The second kappa shape index (κ2) is 6.11. The molecule has 1 atom stereocenters. The van der Waals surface area contributed by atoms with E-state index in [2.05, 4.69) is 17.3 Å². The van der Waals surface area contributed by atoms with E-state index in [4.69, 9.17) is 10.5 Å². The zero-order valence-corrected chi connectivity index (χ0v) is 9.64. The van der Waals surface area contributed by atoms with Gasteiger partial charge in [0, 0.05) is 24.4 Å². The van der Waals surface area contributed by atoms with E-state index in [9.17, 15) is 0 Å². The average molecular weight is 214 g/mol. The zero-order chi connectivity index (χ0) is 10.4. The predicted octanol–water partition coefficient (Wildman–Crippen LogP) is 2.13. The molecule has 2 N–H and O–H groups in total. The monoisotopic (exact) mass is 214 g/mol. The maximum Gasteiger partial charge on any atom is 0.0951 e. The summed E-state index contributed by atoms with van der Waals surface area (Å²) in [6.45, 7) is 5.60. The first-order valence-corrected chi connectivity index (χ1v) is 5.93. The predicted molar refractivity (Wildman–Crippen MR) is 59.5 cm³/mol. The van der Waals surface area contributed by atoms with Crippen LogP contribution in [0.5, 0.6) is 0 Å². The summed E-state index contributed by atoms with van der Waals surface area (Å²) in [6, 6.07) is 0.0899. The summed E-state index contributed by atoms with van der Waals surface area (Å²) >= 11 is 1.67. The fourth-order valence-corrected chi connectivity index (χ4v) is 1.97. The molecular weight excluding hydrogens is 196 g/mol. The number of thiazole rings is 1. The van der Waals surface area contributed by atoms with E-state index in [1.54, 1.807) is 11.3 Å². The minimum Gasteiger partial charge on any atom is -0.381 e. The number of aromatic nitrogens is 1. The Morgan fingerprint density at radius 2 is 2.36 bits per heavy atom. The van der Waals surface area contributed by atoms with Gasteiger partial charge in [-0.3, -0.25) is 0 Å². The van der Waals surface area contributed by atoms with Gasteiger partial charge >= 0.3 is 0 Å². The number of nitrogens with zero attached hydrogens (tertiary/aromatic N) is 1. The van der Waals surface area contributed by atoms with Crippen LogP contribution in [0.3, 0.4) is 0 Å². The van der Waals surface area contributed by atoms with Gasteiger partial charge in [-0.1, -0.05) is 6.92 Å². The van der Waals surface area contributed by atoms with E-state index in [0.29, 0.717) is 0 Å². The molecule has 0 fully saturated rings. The Hall–Kier alpha value is -0.450. The molecule has 0 saturated carbocycles. The van der Waals surface area contributed by atoms with Crippen molar-refractivity contribution < 1.29 is 4.74 Å². The highest BCUT2D eigenvalue weighted by molar-refractivity contribution is 7.09. The molecule has 0 aliphatic rings. The molecular formula is C10H18N2OS. The Balaban J connectivity index is 2.42. The van der Waals surface area contributed by atoms with Crippen LogP contribution in [-0.4, -0.2) is 18.2 Å². The number of ether oxygens (including phenoxy) is 1. The molecule has 0 amide bonds. The van der Waals surface area contributed by atoms with E-state index in [1.165, 1.54) is 0 Å². The second-order valence-electron chi connectivity index (χ2n) is 3.13. The van der Waals surface area contributed by atoms with Crippen molar-refractivity contribution in [1.82, 2.24) is 4.98 Å². The highest BCUT2D eigenvalue weighted by atomic mass is 32.1. The van der Waals surface area contributed by atoms with Crippen molar-refractivity contribution in [2.75, 3.05) is 13.2 Å². The maximum atomic E-state index is 5.88. The third-order valence-corrected chi connectivity index (χ3v) is 2.98. The molecule has 1 unspecified atom stereocenters. The van der Waals surface area contributed by atoms with Crippen LogP contribution in [-0.2, 0) is 11.2 Å². The molecule has 1 heterocycles. The Labute approximate surface area is 89.3 Å². The van der Waals surface area contributed by atoms with Crippen LogP contribution in [0, 0.1) is 0 Å². The fourth-order valence-electron chi connectivity index (χ4n) is 1.12. The van der Waals surface area contributed by atoms with Crippen LogP contribution < -0.4 is 5.73 Å². The molecule has 0 aliphatic heterocycles. The SMILES string of the molecule is CCOCCc1nc(C(N)CC)cs1. The van der Waals surface area contributed by atoms with Gasteiger partial charge in [0.05, 0.1) is 17.3 Å². The van der Waals surface area contributed by atoms with Gasteiger partial charge < -0.3 is 10.5 Å². The molecule has 4 heteroatoms. The molecule has 14 heavy (non-hydrogen) atoms. The van der Waals surface area contributed by atoms with E-state index in [0.717, 1.165) is 36.8 Å². The first-order valence-electron chi connectivity index (χ1n) is 5.05. The number of rotatable bonds is 6. The molecule has 1 rings (SSSR count). The van der Waals surface area contributed by atoms with Crippen LogP contribution in [0.1, 0.15) is 37.0 Å². The number of nitrogens with two attached hydrogens (primary N) is 1. The van der Waals surface area contributed by atoms with Crippen LogP contribution in [0.15, 0.2) is 5.38 Å². The topological polar surface area (TPSA) is 48.1 Å². The van der Waals surface area contributed by atoms with Gasteiger partial charge in [-0.15, -0.1) is 11.3 Å². The van der Waals surface area contributed by atoms with E-state index >= 15 is 0 Å². The van der Waals surface area contributed by atoms with E-state index in [1.807, 2.05) is 6.92 Å². The molecule has 0 saturated heterocycles. The number of hydrogen-bond donors (Lipinski definition) is 1. The quantitative estimate of drug-likeness (QED) is 0.738. The molecule has 80 valence electrons. The molecule has 0 radical (unpaired) electrons. The van der Waals surface area contributed by atoms with Crippen LogP contribution >= 0.6 is 11.3 Å². The fraction of sp³-hybridized carbons (Fsp3) is 0.700. The van der Waals surface area contributed by atoms with Crippen LogP contribution in [0.25, 0.3) is 0 Å². The van der Waals surface area contributed by atoms with Crippen LogP contribution in [0.2, 0.25) is 0 Å². The summed E-state index contributed by atoms with van der Waals surface area (Å²) in [6.07, 6.45) is 1.84. The lowest BCUT2D eigenvalue weighted by molar-refractivity contribution is 0.151. The first-order chi connectivity index (χ1) is 6.77. The highest BCUT2D eigenvalue weighted by Crippen LogP contribution is 2.17. The van der Waals surface area contributed by atoms with Gasteiger partial charge in [-0.05, 0) is 13.3 Å². The lowest BCUT2D eigenvalue weighted by atomic mass is 10.2. The van der Waals surface area contributed by atoms with Crippen molar-refractivity contribution in [2.24, 2.45) is 5.73 Å². The average Bonchev–Trinajstić information content (AvgIpc) is 2.66. The first kappa shape index (κ1) is 11.6. The van der Waals surface area contributed by atoms with Gasteiger partial charge in [0.15, 0.2) is 0 Å². The summed E-state index contributed by atoms with van der Waals surface area (Å²) in [5, 5.41) is 3.17. The normalized spacial score (nSPS) is 13.1. The molecule has 1 aromatic heterocycles. The smallest absolute Gasteiger partial charge is 0.0951 e. The summed E-state index contributed by atoms with van der Waals surface area (Å²) in [5.74, 6) is 0. The Bertz CT molecular complexity index is 262. The van der Waals surface area contributed by atoms with Crippen molar-refractivity contribution in [3.8, 4) is 0 Å². The largest absolute Gasteiger partial charge is 0.381 e. The molecule has 0 bridgehead atoms. The van der Waals surface area contributed by atoms with Crippen molar-refractivity contribution in [3.05, 3.63) is 16.1 Å². The van der Waals surface area contributed by atoms with Crippen molar-refractivity contribution in [1.29, 1.82) is 0 Å². The molecule has 0 aliphatic carbocycles.